The third kappa shape index (κ3) is 9.06. The fraction of sp³-hybridized carbons (Fsp3) is 0.548. The van der Waals surface area contributed by atoms with E-state index in [1.807, 2.05) is 49.4 Å². The number of sulfonamides is 1. The summed E-state index contributed by atoms with van der Waals surface area (Å²) in [7, 11) is -2.96. The summed E-state index contributed by atoms with van der Waals surface area (Å²) in [6, 6.07) is 20.4. The van der Waals surface area contributed by atoms with Gasteiger partial charge in [-0.05, 0) is 83.9 Å². The van der Waals surface area contributed by atoms with Crippen molar-refractivity contribution < 1.29 is 36.6 Å². The molecule has 0 spiro atoms. The molecule has 54 heavy (non-hydrogen) atoms. The largest absolute Gasteiger partial charge is 0.497 e. The molecule has 1 saturated heterocycles. The van der Waals surface area contributed by atoms with Crippen LogP contribution in [0, 0.1) is 6.92 Å². The summed E-state index contributed by atoms with van der Waals surface area (Å²) >= 11 is 0. The Morgan fingerprint density at radius 1 is 0.907 bits per heavy atom. The normalized spacial score (nSPS) is 19.7. The van der Waals surface area contributed by atoms with E-state index in [1.54, 1.807) is 35.6 Å². The molecule has 0 bridgehead atoms. The van der Waals surface area contributed by atoms with Crippen LogP contribution in [0.25, 0.3) is 0 Å². The number of rotatable bonds is 17. The summed E-state index contributed by atoms with van der Waals surface area (Å²) in [5.74, 6) is 1.16. The third-order valence-electron chi connectivity index (χ3n) is 11.3. The SMILES string of the molecule is COCCCN1C(=O)COc2ccc(CO[C@H]3CN(S(=O)(=O)c4ccc(C)cc4)[C@H](CO[Si](C(C)C)(C(C)C)C(C)C)C[C@@H]3c3ccc(OC)cc3)cc21. The zero-order valence-corrected chi connectivity index (χ0v) is 35.4. The van der Waals surface area contributed by atoms with Crippen molar-refractivity contribution in [2.75, 3.05) is 52.0 Å². The van der Waals surface area contributed by atoms with Crippen LogP contribution >= 0.6 is 0 Å². The first-order valence-electron chi connectivity index (χ1n) is 19.3. The molecule has 0 unspecified atom stereocenters. The molecule has 1 amide bonds. The van der Waals surface area contributed by atoms with E-state index in [0.29, 0.717) is 60.7 Å². The van der Waals surface area contributed by atoms with E-state index >= 15 is 0 Å². The molecular weight excluding hydrogens is 721 g/mol. The molecule has 0 N–H and O–H groups in total. The standard InChI is InChI=1S/C42H60N2O8SSi/c1-29(2)54(30(3)4,31(5)6)52-27-35-24-38(34-14-16-36(49-9)17-15-34)41(25-44(35)53(46,47)37-18-11-32(7)12-19-37)50-26-33-13-20-40-39(23-33)43(21-10-22-48-8)42(45)28-51-40/h11-20,23,29-31,35,38,41H,10,21-22,24-28H2,1-9H3/t35-,38+,41-/m0/s1. The van der Waals surface area contributed by atoms with Crippen LogP contribution in [0.1, 0.15) is 77.0 Å². The molecule has 2 aliphatic heterocycles. The second-order valence-electron chi connectivity index (χ2n) is 15.6. The van der Waals surface area contributed by atoms with Crippen molar-refractivity contribution in [3.63, 3.8) is 0 Å². The molecule has 0 aromatic heterocycles. The highest BCUT2D eigenvalue weighted by molar-refractivity contribution is 7.89. The topological polar surface area (TPSA) is 104 Å². The fourth-order valence-electron chi connectivity index (χ4n) is 8.57. The Labute approximate surface area is 324 Å². The van der Waals surface area contributed by atoms with Gasteiger partial charge in [-0.25, -0.2) is 8.42 Å². The summed E-state index contributed by atoms with van der Waals surface area (Å²) in [5.41, 5.74) is 4.65. The lowest BCUT2D eigenvalue weighted by molar-refractivity contribution is -0.121. The minimum atomic E-state index is -3.93. The van der Waals surface area contributed by atoms with Crippen molar-refractivity contribution in [1.29, 1.82) is 0 Å². The first kappa shape index (κ1) is 41.9. The highest BCUT2D eigenvalue weighted by Crippen LogP contribution is 2.44. The summed E-state index contributed by atoms with van der Waals surface area (Å²) in [6.07, 6.45) is 0.726. The zero-order valence-electron chi connectivity index (χ0n) is 33.5. The van der Waals surface area contributed by atoms with Gasteiger partial charge in [0.1, 0.15) is 11.5 Å². The Morgan fingerprint density at radius 3 is 2.19 bits per heavy atom. The average molecular weight is 781 g/mol. The van der Waals surface area contributed by atoms with Crippen LogP contribution in [0.5, 0.6) is 11.5 Å². The van der Waals surface area contributed by atoms with Gasteiger partial charge < -0.3 is 28.3 Å². The lowest BCUT2D eigenvalue weighted by Gasteiger charge is -2.47. The number of fused-ring (bicyclic) bond motifs is 1. The number of aryl methyl sites for hydroxylation is 1. The van der Waals surface area contributed by atoms with Gasteiger partial charge in [0.25, 0.3) is 5.91 Å². The first-order valence-corrected chi connectivity index (χ1v) is 22.8. The molecule has 1 fully saturated rings. The van der Waals surface area contributed by atoms with E-state index in [0.717, 1.165) is 22.4 Å². The summed E-state index contributed by atoms with van der Waals surface area (Å²) in [5, 5.41) is 0. The molecule has 12 heteroatoms. The van der Waals surface area contributed by atoms with E-state index < -0.39 is 30.5 Å². The van der Waals surface area contributed by atoms with Gasteiger partial charge in [0, 0.05) is 38.8 Å². The van der Waals surface area contributed by atoms with Crippen molar-refractivity contribution in [3.8, 4) is 11.5 Å². The van der Waals surface area contributed by atoms with Crippen LogP contribution in [0.15, 0.2) is 71.6 Å². The second kappa shape index (κ2) is 18.1. The van der Waals surface area contributed by atoms with Crippen LogP contribution in [0.3, 0.4) is 0 Å². The lowest BCUT2D eigenvalue weighted by atomic mass is 9.84. The maximum Gasteiger partial charge on any atom is 0.265 e. The summed E-state index contributed by atoms with van der Waals surface area (Å²) in [4.78, 5) is 14.9. The maximum atomic E-state index is 14.7. The van der Waals surface area contributed by atoms with Gasteiger partial charge in [-0.15, -0.1) is 0 Å². The van der Waals surface area contributed by atoms with Crippen molar-refractivity contribution in [2.24, 2.45) is 0 Å². The van der Waals surface area contributed by atoms with Crippen LogP contribution < -0.4 is 14.4 Å². The molecule has 2 aliphatic rings. The Kier molecular flexibility index (Phi) is 14.1. The number of benzene rings is 3. The number of methoxy groups -OCH3 is 2. The van der Waals surface area contributed by atoms with Crippen molar-refractivity contribution in [3.05, 3.63) is 83.4 Å². The van der Waals surface area contributed by atoms with Gasteiger partial charge in [0.15, 0.2) is 14.9 Å². The number of hydrogen-bond donors (Lipinski definition) is 0. The van der Waals surface area contributed by atoms with Gasteiger partial charge in [-0.3, -0.25) is 4.79 Å². The number of hydrogen-bond acceptors (Lipinski definition) is 8. The fourth-order valence-corrected chi connectivity index (χ4v) is 15.7. The zero-order chi connectivity index (χ0) is 39.2. The van der Waals surface area contributed by atoms with E-state index in [2.05, 4.69) is 53.7 Å². The van der Waals surface area contributed by atoms with Gasteiger partial charge in [0.2, 0.25) is 10.0 Å². The van der Waals surface area contributed by atoms with Gasteiger partial charge in [-0.2, -0.15) is 4.31 Å². The van der Waals surface area contributed by atoms with Crippen molar-refractivity contribution >= 4 is 29.9 Å². The van der Waals surface area contributed by atoms with Crippen LogP contribution in [-0.4, -0.2) is 86.2 Å². The molecular formula is C42H60N2O8SSi. The summed E-state index contributed by atoms with van der Waals surface area (Å²) < 4.78 is 61.4. The Balaban J connectivity index is 1.51. The molecule has 3 aromatic carbocycles. The number of piperidine rings is 1. The van der Waals surface area contributed by atoms with Crippen LogP contribution in [-0.2, 0) is 35.3 Å². The van der Waals surface area contributed by atoms with Gasteiger partial charge in [-0.1, -0.05) is 77.4 Å². The van der Waals surface area contributed by atoms with E-state index in [4.69, 9.17) is 23.4 Å². The smallest absolute Gasteiger partial charge is 0.265 e. The van der Waals surface area contributed by atoms with E-state index in [-0.39, 0.29) is 36.5 Å². The molecule has 3 atom stereocenters. The number of amides is 1. The minimum Gasteiger partial charge on any atom is -0.497 e. The maximum absolute atomic E-state index is 14.7. The molecule has 2 heterocycles. The molecule has 0 saturated carbocycles. The molecule has 296 valence electrons. The molecule has 10 nitrogen and oxygen atoms in total. The lowest BCUT2D eigenvalue weighted by Crippen LogP contribution is -2.56. The highest BCUT2D eigenvalue weighted by Gasteiger charge is 2.48. The van der Waals surface area contributed by atoms with Crippen molar-refractivity contribution in [1.82, 2.24) is 4.31 Å². The number of carbonyl (C=O) groups excluding carboxylic acids is 1. The average Bonchev–Trinajstić information content (AvgIpc) is 3.14. The van der Waals surface area contributed by atoms with Crippen LogP contribution in [0.4, 0.5) is 5.69 Å². The van der Waals surface area contributed by atoms with E-state index in [1.165, 1.54) is 0 Å². The monoisotopic (exact) mass is 780 g/mol. The number of carbonyl (C=O) groups is 1. The summed E-state index contributed by atoms with van der Waals surface area (Å²) in [6.45, 7) is 17.2. The molecule has 0 aliphatic carbocycles. The molecule has 0 radical (unpaired) electrons. The van der Waals surface area contributed by atoms with Gasteiger partial charge in [0.05, 0.1) is 37.0 Å². The minimum absolute atomic E-state index is 0.00721. The number of nitrogens with zero attached hydrogens (tertiary/aromatic N) is 2. The van der Waals surface area contributed by atoms with Crippen LogP contribution in [0.2, 0.25) is 16.6 Å². The molecule has 5 rings (SSSR count). The van der Waals surface area contributed by atoms with Gasteiger partial charge >= 0.3 is 0 Å². The Morgan fingerprint density at radius 2 is 1.57 bits per heavy atom. The second-order valence-corrected chi connectivity index (χ2v) is 23.0. The Hall–Kier alpha value is -3.26. The third-order valence-corrected chi connectivity index (χ3v) is 19.3. The predicted molar refractivity (Wildman–Crippen MR) is 216 cm³/mol. The highest BCUT2D eigenvalue weighted by atomic mass is 32.2. The predicted octanol–water partition coefficient (Wildman–Crippen LogP) is 8.09. The Bertz CT molecular complexity index is 1780. The first-order chi connectivity index (χ1) is 25.7. The quantitative estimate of drug-likeness (QED) is 0.100. The number of ether oxygens (including phenoxy) is 4. The molecule has 3 aromatic rings. The number of anilines is 1. The van der Waals surface area contributed by atoms with E-state index in [9.17, 15) is 13.2 Å². The van der Waals surface area contributed by atoms with Crippen molar-refractivity contribution in [2.45, 2.75) is 107 Å².